The Morgan fingerprint density at radius 1 is 0.710 bits per heavy atom. The van der Waals surface area contributed by atoms with Crippen molar-refractivity contribution in [3.05, 3.63) is 121 Å². The number of amides is 4. The van der Waals surface area contributed by atoms with Crippen LogP contribution in [-0.4, -0.2) is 114 Å². The maximum absolute atomic E-state index is 14.0. The number of alkyl carbamates (subject to hydrolysis) is 2. The highest BCUT2D eigenvalue weighted by molar-refractivity contribution is 5.91. The average Bonchev–Trinajstić information content (AvgIpc) is 4.13. The van der Waals surface area contributed by atoms with E-state index in [2.05, 4.69) is 79.1 Å². The molecule has 2 aromatic heterocycles. The van der Waals surface area contributed by atoms with Gasteiger partial charge in [-0.3, -0.25) is 9.59 Å². The number of hydrogen-bond donors (Lipinski definition) is 4. The smallest absolute Gasteiger partial charge is 0.407 e. The van der Waals surface area contributed by atoms with Gasteiger partial charge in [0.1, 0.15) is 29.8 Å². The van der Waals surface area contributed by atoms with Gasteiger partial charge in [0.15, 0.2) is 0 Å². The second-order valence-electron chi connectivity index (χ2n) is 15.2. The van der Waals surface area contributed by atoms with Gasteiger partial charge in [-0.2, -0.15) is 0 Å². The monoisotopic (exact) mass is 840 g/mol. The SMILES string of the molecule is COCC(NC(=O)OC)C(=O)N1CCCC1c1ncc(-c2ccc3cc(-c4ccc(-c5cnc(C6COCCN6C(=O)C(NC(=O)OC)c6ccccc6)[nH]5)cc4)ccc3c2)[nH]1. The molecule has 0 saturated carbocycles. The third-order valence-electron chi connectivity index (χ3n) is 11.4. The Morgan fingerprint density at radius 3 is 2.00 bits per heavy atom. The van der Waals surface area contributed by atoms with Crippen LogP contribution in [0.4, 0.5) is 9.59 Å². The summed E-state index contributed by atoms with van der Waals surface area (Å²) in [4.78, 5) is 71.3. The first kappa shape index (κ1) is 41.7. The molecule has 0 aliphatic carbocycles. The molecule has 8 rings (SSSR count). The normalized spacial score (nSPS) is 17.3. The predicted molar refractivity (Wildman–Crippen MR) is 229 cm³/mol. The molecule has 16 nitrogen and oxygen atoms in total. The van der Waals surface area contributed by atoms with E-state index in [9.17, 15) is 19.2 Å². The van der Waals surface area contributed by atoms with E-state index in [1.54, 1.807) is 34.3 Å². The van der Waals surface area contributed by atoms with E-state index in [1.165, 1.54) is 21.3 Å². The van der Waals surface area contributed by atoms with Crippen LogP contribution in [0.3, 0.4) is 0 Å². The first-order valence-electron chi connectivity index (χ1n) is 20.4. The Labute approximate surface area is 357 Å². The standard InChI is InChI=1S/C46H48N8O8/c1-59-26-37(51-45(57)60-2)43(55)53-19-7-10-38(53)41-47-25-36(50-41)34-18-17-32-22-31(15-16-33(32)23-34)28-11-13-29(14-12-28)35-24-48-42(49-35)39-27-62-21-20-54(39)44(56)40(52-46(58)61-3)30-8-5-4-6-9-30/h4-6,8-9,11-18,22-25,37-40H,7,10,19-21,26-27H2,1-3H3,(H,47,50)(H,48,49)(H,51,57)(H,52,58). The number of imidazole rings is 2. The van der Waals surface area contributed by atoms with Crippen molar-refractivity contribution in [2.24, 2.45) is 0 Å². The Hall–Kier alpha value is -7.04. The van der Waals surface area contributed by atoms with Gasteiger partial charge >= 0.3 is 12.2 Å². The molecule has 320 valence electrons. The summed E-state index contributed by atoms with van der Waals surface area (Å²) in [5.74, 6) is 0.735. The van der Waals surface area contributed by atoms with Crippen LogP contribution < -0.4 is 10.6 Å². The third kappa shape index (κ3) is 8.87. The van der Waals surface area contributed by atoms with Crippen LogP contribution in [-0.2, 0) is 28.5 Å². The zero-order valence-electron chi connectivity index (χ0n) is 34.6. The molecule has 16 heteroatoms. The number of methoxy groups -OCH3 is 3. The van der Waals surface area contributed by atoms with Crippen molar-refractivity contribution in [3.8, 4) is 33.6 Å². The van der Waals surface area contributed by atoms with Crippen molar-refractivity contribution < 1.29 is 38.1 Å². The molecule has 62 heavy (non-hydrogen) atoms. The van der Waals surface area contributed by atoms with Gasteiger partial charge in [-0.25, -0.2) is 19.6 Å². The van der Waals surface area contributed by atoms with Gasteiger partial charge in [-0.1, -0.05) is 78.9 Å². The highest BCUT2D eigenvalue weighted by Crippen LogP contribution is 2.34. The fourth-order valence-corrected chi connectivity index (χ4v) is 8.17. The molecule has 6 aromatic rings. The number of rotatable bonds is 12. The summed E-state index contributed by atoms with van der Waals surface area (Å²) in [7, 11) is 4.00. The number of H-pyrrole nitrogens is 2. The number of fused-ring (bicyclic) bond motifs is 1. The predicted octanol–water partition coefficient (Wildman–Crippen LogP) is 6.32. The molecule has 4 heterocycles. The van der Waals surface area contributed by atoms with E-state index in [-0.39, 0.29) is 31.1 Å². The lowest BCUT2D eigenvalue weighted by atomic mass is 9.98. The number of aromatic amines is 2. The number of nitrogens with one attached hydrogen (secondary N) is 4. The maximum Gasteiger partial charge on any atom is 0.407 e. The van der Waals surface area contributed by atoms with Crippen LogP contribution in [0.15, 0.2) is 103 Å². The quantitative estimate of drug-likeness (QED) is 0.108. The number of likely N-dealkylation sites (tertiary alicyclic amines) is 1. The summed E-state index contributed by atoms with van der Waals surface area (Å²) in [6.45, 7) is 1.51. The zero-order valence-corrected chi connectivity index (χ0v) is 34.6. The summed E-state index contributed by atoms with van der Waals surface area (Å²) >= 11 is 0. The molecule has 4 aromatic carbocycles. The van der Waals surface area contributed by atoms with E-state index in [1.807, 2.05) is 30.3 Å². The number of benzene rings is 4. The molecule has 0 spiro atoms. The van der Waals surface area contributed by atoms with E-state index < -0.39 is 30.3 Å². The lowest BCUT2D eigenvalue weighted by Gasteiger charge is -2.36. The number of hydrogen-bond acceptors (Lipinski definition) is 10. The molecule has 4 N–H and O–H groups in total. The number of nitrogens with zero attached hydrogens (tertiary/aromatic N) is 4. The first-order chi connectivity index (χ1) is 30.2. The summed E-state index contributed by atoms with van der Waals surface area (Å²) in [5.41, 5.74) is 6.28. The number of morpholine rings is 1. The van der Waals surface area contributed by atoms with Crippen LogP contribution in [0.5, 0.6) is 0 Å². The summed E-state index contributed by atoms with van der Waals surface area (Å²) in [6.07, 6.45) is 3.71. The van der Waals surface area contributed by atoms with Gasteiger partial charge in [0.25, 0.3) is 5.91 Å². The minimum Gasteiger partial charge on any atom is -0.453 e. The maximum atomic E-state index is 14.0. The number of carbonyl (C=O) groups excluding carboxylic acids is 4. The first-order valence-corrected chi connectivity index (χ1v) is 20.4. The second kappa shape index (κ2) is 18.7. The lowest BCUT2D eigenvalue weighted by molar-refractivity contribution is -0.143. The van der Waals surface area contributed by atoms with Gasteiger partial charge < -0.3 is 49.3 Å². The number of aromatic nitrogens is 4. The van der Waals surface area contributed by atoms with Crippen LogP contribution in [0, 0.1) is 0 Å². The number of ether oxygens (including phenoxy) is 4. The van der Waals surface area contributed by atoms with Gasteiger partial charge in [0.05, 0.1) is 63.9 Å². The highest BCUT2D eigenvalue weighted by Gasteiger charge is 2.38. The van der Waals surface area contributed by atoms with Crippen molar-refractivity contribution in [3.63, 3.8) is 0 Å². The average molecular weight is 841 g/mol. The second-order valence-corrected chi connectivity index (χ2v) is 15.2. The lowest BCUT2D eigenvalue weighted by Crippen LogP contribution is -2.50. The van der Waals surface area contributed by atoms with E-state index in [4.69, 9.17) is 18.9 Å². The molecule has 2 fully saturated rings. The van der Waals surface area contributed by atoms with Gasteiger partial charge in [-0.15, -0.1) is 0 Å². The molecule has 4 unspecified atom stereocenters. The molecule has 0 radical (unpaired) electrons. The van der Waals surface area contributed by atoms with Crippen LogP contribution in [0.2, 0.25) is 0 Å². The van der Waals surface area contributed by atoms with E-state index in [0.717, 1.165) is 57.3 Å². The Morgan fingerprint density at radius 2 is 1.31 bits per heavy atom. The van der Waals surface area contributed by atoms with Crippen molar-refractivity contribution in [1.82, 2.24) is 40.4 Å². The van der Waals surface area contributed by atoms with Crippen LogP contribution >= 0.6 is 0 Å². The molecule has 2 aliphatic rings. The minimum atomic E-state index is -0.943. The van der Waals surface area contributed by atoms with Crippen LogP contribution in [0.25, 0.3) is 44.4 Å². The third-order valence-corrected chi connectivity index (χ3v) is 11.4. The summed E-state index contributed by atoms with van der Waals surface area (Å²) < 4.78 is 20.5. The van der Waals surface area contributed by atoms with Crippen molar-refractivity contribution in [1.29, 1.82) is 0 Å². The Balaban J connectivity index is 0.947. The van der Waals surface area contributed by atoms with Gasteiger partial charge in [0, 0.05) is 25.8 Å². The zero-order chi connectivity index (χ0) is 43.2. The van der Waals surface area contributed by atoms with Gasteiger partial charge in [0.2, 0.25) is 5.91 Å². The molecular weight excluding hydrogens is 793 g/mol. The topological polar surface area (TPSA) is 193 Å². The van der Waals surface area contributed by atoms with Crippen molar-refractivity contribution in [2.75, 3.05) is 54.2 Å². The Kier molecular flexibility index (Phi) is 12.6. The van der Waals surface area contributed by atoms with E-state index in [0.29, 0.717) is 36.9 Å². The van der Waals surface area contributed by atoms with Gasteiger partial charge in [-0.05, 0) is 58.0 Å². The largest absolute Gasteiger partial charge is 0.453 e. The van der Waals surface area contributed by atoms with E-state index >= 15 is 0 Å². The Bertz CT molecular complexity index is 2540. The molecule has 2 saturated heterocycles. The number of carbonyl (C=O) groups is 4. The van der Waals surface area contributed by atoms with Crippen LogP contribution in [0.1, 0.15) is 48.2 Å². The molecule has 4 atom stereocenters. The fraction of sp³-hybridized carbons (Fsp3) is 0.304. The summed E-state index contributed by atoms with van der Waals surface area (Å²) in [5, 5.41) is 7.41. The molecule has 0 bridgehead atoms. The minimum absolute atomic E-state index is 0.0239. The van der Waals surface area contributed by atoms with Crippen molar-refractivity contribution in [2.45, 2.75) is 37.0 Å². The van der Waals surface area contributed by atoms with Crippen molar-refractivity contribution >= 4 is 34.8 Å². The molecule has 4 amide bonds. The highest BCUT2D eigenvalue weighted by atomic mass is 16.5. The summed E-state index contributed by atoms with van der Waals surface area (Å²) in [6, 6.07) is 27.3. The molecule has 2 aliphatic heterocycles. The molecular formula is C46H48N8O8. The fourth-order valence-electron chi connectivity index (χ4n) is 8.17.